The molecule has 5 rings (SSSR count). The van der Waals surface area contributed by atoms with E-state index in [0.717, 1.165) is 11.3 Å². The van der Waals surface area contributed by atoms with Crippen LogP contribution in [0.25, 0.3) is 39.5 Å². The van der Waals surface area contributed by atoms with E-state index >= 15 is 0 Å². The van der Waals surface area contributed by atoms with Crippen molar-refractivity contribution in [2.45, 2.75) is 0 Å². The summed E-state index contributed by atoms with van der Waals surface area (Å²) in [5.74, 6) is 0.604. The molecule has 0 aliphatic carbocycles. The zero-order valence-electron chi connectivity index (χ0n) is 15.7. The molecule has 0 bridgehead atoms. The molecule has 0 aliphatic heterocycles. The minimum atomic E-state index is -0.0700. The van der Waals surface area contributed by atoms with Crippen molar-refractivity contribution in [2.24, 2.45) is 0 Å². The highest BCUT2D eigenvalue weighted by Gasteiger charge is 2.10. The first kappa shape index (κ1) is 17.1. The van der Waals surface area contributed by atoms with Crippen LogP contribution in [0.5, 0.6) is 0 Å². The Kier molecular flexibility index (Phi) is 4.26. The zero-order chi connectivity index (χ0) is 19.6. The molecule has 5 aromatic rings. The molecule has 0 N–H and O–H groups in total. The summed E-state index contributed by atoms with van der Waals surface area (Å²) in [5, 5.41) is 2.96. The van der Waals surface area contributed by atoms with Crippen LogP contribution in [-0.4, -0.2) is 9.55 Å². The number of benzene rings is 4. The van der Waals surface area contributed by atoms with Crippen molar-refractivity contribution < 1.29 is 0 Å². The van der Waals surface area contributed by atoms with E-state index in [1.165, 1.54) is 10.8 Å². The highest BCUT2D eigenvalue weighted by Crippen LogP contribution is 2.21. The van der Waals surface area contributed by atoms with Crippen molar-refractivity contribution in [1.82, 2.24) is 9.55 Å². The molecule has 0 atom stereocenters. The van der Waals surface area contributed by atoms with Crippen molar-refractivity contribution in [3.8, 4) is 5.69 Å². The summed E-state index contributed by atoms with van der Waals surface area (Å²) in [4.78, 5) is 18.0. The molecular formula is C26H18N2O. The van der Waals surface area contributed by atoms with Crippen LogP contribution in [0, 0.1) is 0 Å². The van der Waals surface area contributed by atoms with Gasteiger partial charge in [-0.15, -0.1) is 0 Å². The Hall–Kier alpha value is -3.98. The predicted octanol–water partition coefficient (Wildman–Crippen LogP) is 5.71. The summed E-state index contributed by atoms with van der Waals surface area (Å²) in [6, 6.07) is 31.6. The van der Waals surface area contributed by atoms with Gasteiger partial charge in [0.2, 0.25) is 0 Å². The lowest BCUT2D eigenvalue weighted by atomic mass is 10.0. The topological polar surface area (TPSA) is 34.9 Å². The fourth-order valence-corrected chi connectivity index (χ4v) is 3.65. The molecule has 138 valence electrons. The van der Waals surface area contributed by atoms with Crippen molar-refractivity contribution in [3.63, 3.8) is 0 Å². The fraction of sp³-hybridized carbons (Fsp3) is 0. The Morgan fingerprint density at radius 3 is 2.21 bits per heavy atom. The monoisotopic (exact) mass is 374 g/mol. The Labute approximate surface area is 168 Å². The number of nitrogens with zero attached hydrogens (tertiary/aromatic N) is 2. The third-order valence-corrected chi connectivity index (χ3v) is 5.05. The molecule has 0 saturated heterocycles. The van der Waals surface area contributed by atoms with E-state index in [0.29, 0.717) is 16.7 Å². The molecule has 1 heterocycles. The first-order chi connectivity index (χ1) is 14.3. The van der Waals surface area contributed by atoms with Gasteiger partial charge in [-0.3, -0.25) is 9.36 Å². The summed E-state index contributed by atoms with van der Waals surface area (Å²) in [6.07, 6.45) is 3.95. The van der Waals surface area contributed by atoms with E-state index in [4.69, 9.17) is 4.98 Å². The molecule has 29 heavy (non-hydrogen) atoms. The fourth-order valence-electron chi connectivity index (χ4n) is 3.65. The summed E-state index contributed by atoms with van der Waals surface area (Å²) >= 11 is 0. The van der Waals surface area contributed by atoms with Crippen molar-refractivity contribution in [1.29, 1.82) is 0 Å². The van der Waals surface area contributed by atoms with Gasteiger partial charge in [-0.1, -0.05) is 78.9 Å². The zero-order valence-corrected chi connectivity index (χ0v) is 15.7. The molecule has 0 fully saturated rings. The van der Waals surface area contributed by atoms with Gasteiger partial charge in [-0.05, 0) is 46.7 Å². The number of hydrogen-bond acceptors (Lipinski definition) is 2. The summed E-state index contributed by atoms with van der Waals surface area (Å²) in [6.45, 7) is 0. The summed E-state index contributed by atoms with van der Waals surface area (Å²) < 4.78 is 1.67. The number of hydrogen-bond donors (Lipinski definition) is 0. The van der Waals surface area contributed by atoms with Gasteiger partial charge in [0, 0.05) is 0 Å². The highest BCUT2D eigenvalue weighted by atomic mass is 16.1. The van der Waals surface area contributed by atoms with Crippen LogP contribution in [0.3, 0.4) is 0 Å². The van der Waals surface area contributed by atoms with E-state index in [1.54, 1.807) is 4.57 Å². The molecular weight excluding hydrogens is 356 g/mol. The molecule has 0 aliphatic rings. The third-order valence-electron chi connectivity index (χ3n) is 5.05. The lowest BCUT2D eigenvalue weighted by molar-refractivity contribution is 0.944. The second-order valence-corrected chi connectivity index (χ2v) is 6.86. The first-order valence-electron chi connectivity index (χ1n) is 9.54. The smallest absolute Gasteiger partial charge is 0.266 e. The minimum Gasteiger partial charge on any atom is -0.268 e. The van der Waals surface area contributed by atoms with Gasteiger partial charge in [-0.2, -0.15) is 0 Å². The second-order valence-electron chi connectivity index (χ2n) is 6.86. The Bertz CT molecular complexity index is 1410. The molecule has 0 radical (unpaired) electrons. The summed E-state index contributed by atoms with van der Waals surface area (Å²) in [7, 11) is 0. The first-order valence-corrected chi connectivity index (χ1v) is 9.54. The molecule has 0 unspecified atom stereocenters. The minimum absolute atomic E-state index is 0.0700. The molecule has 3 nitrogen and oxygen atoms in total. The lowest BCUT2D eigenvalue weighted by Gasteiger charge is -2.11. The quantitative estimate of drug-likeness (QED) is 0.405. The van der Waals surface area contributed by atoms with Crippen molar-refractivity contribution in [2.75, 3.05) is 0 Å². The Morgan fingerprint density at radius 1 is 0.655 bits per heavy atom. The van der Waals surface area contributed by atoms with Gasteiger partial charge in [0.25, 0.3) is 5.56 Å². The normalized spacial score (nSPS) is 11.4. The molecule has 0 saturated carbocycles. The molecule has 0 amide bonds. The van der Waals surface area contributed by atoms with E-state index in [1.807, 2.05) is 84.9 Å². The maximum atomic E-state index is 13.3. The standard InChI is InChI=1S/C26H18N2O/c29-26-23-15-6-7-16-24(23)27-25(28(26)21-12-2-1-3-13-21)18-17-20-11-8-10-19-9-4-5-14-22(19)20/h1-18H. The van der Waals surface area contributed by atoms with Gasteiger partial charge in [0.1, 0.15) is 5.82 Å². The van der Waals surface area contributed by atoms with Crippen LogP contribution in [0.2, 0.25) is 0 Å². The van der Waals surface area contributed by atoms with E-state index < -0.39 is 0 Å². The molecule has 4 aromatic carbocycles. The van der Waals surface area contributed by atoms with Crippen LogP contribution in [0.15, 0.2) is 102 Å². The van der Waals surface area contributed by atoms with Crippen LogP contribution in [-0.2, 0) is 0 Å². The summed E-state index contributed by atoms with van der Waals surface area (Å²) in [5.41, 5.74) is 2.51. The predicted molar refractivity (Wildman–Crippen MR) is 120 cm³/mol. The SMILES string of the molecule is O=c1c2ccccc2nc(C=Cc2cccc3ccccc23)n1-c1ccccc1. The lowest BCUT2D eigenvalue weighted by Crippen LogP contribution is -2.22. The molecule has 3 heteroatoms. The number of aromatic nitrogens is 2. The number of fused-ring (bicyclic) bond motifs is 2. The van der Waals surface area contributed by atoms with Gasteiger partial charge in [0.05, 0.1) is 16.6 Å². The van der Waals surface area contributed by atoms with Crippen molar-refractivity contribution in [3.05, 3.63) is 119 Å². The van der Waals surface area contributed by atoms with Crippen LogP contribution >= 0.6 is 0 Å². The Morgan fingerprint density at radius 2 is 1.34 bits per heavy atom. The molecule has 0 spiro atoms. The third kappa shape index (κ3) is 3.13. The highest BCUT2D eigenvalue weighted by molar-refractivity contribution is 5.92. The van der Waals surface area contributed by atoms with Crippen molar-refractivity contribution >= 4 is 33.8 Å². The number of rotatable bonds is 3. The average Bonchev–Trinajstić information content (AvgIpc) is 2.78. The maximum Gasteiger partial charge on any atom is 0.266 e. The van der Waals surface area contributed by atoms with Gasteiger partial charge < -0.3 is 0 Å². The second kappa shape index (κ2) is 7.21. The van der Waals surface area contributed by atoms with Crippen LogP contribution in [0.1, 0.15) is 11.4 Å². The van der Waals surface area contributed by atoms with E-state index in [-0.39, 0.29) is 5.56 Å². The van der Waals surface area contributed by atoms with E-state index in [2.05, 4.69) is 24.3 Å². The average molecular weight is 374 g/mol. The number of para-hydroxylation sites is 2. The van der Waals surface area contributed by atoms with Gasteiger partial charge in [0.15, 0.2) is 0 Å². The Balaban J connectivity index is 1.74. The van der Waals surface area contributed by atoms with Gasteiger partial charge >= 0.3 is 0 Å². The molecule has 1 aromatic heterocycles. The van der Waals surface area contributed by atoms with E-state index in [9.17, 15) is 4.79 Å². The largest absolute Gasteiger partial charge is 0.268 e. The van der Waals surface area contributed by atoms with Crippen LogP contribution in [0.4, 0.5) is 0 Å². The van der Waals surface area contributed by atoms with Gasteiger partial charge in [-0.25, -0.2) is 4.98 Å². The van der Waals surface area contributed by atoms with Crippen LogP contribution < -0.4 is 5.56 Å². The maximum absolute atomic E-state index is 13.3.